The Labute approximate surface area is 283 Å². The molecule has 0 amide bonds. The molecule has 0 spiro atoms. The van der Waals surface area contributed by atoms with Gasteiger partial charge in [-0.3, -0.25) is 9.59 Å². The summed E-state index contributed by atoms with van der Waals surface area (Å²) in [6.07, 6.45) is 16.4. The van der Waals surface area contributed by atoms with Crippen molar-refractivity contribution >= 4 is 11.9 Å². The van der Waals surface area contributed by atoms with Gasteiger partial charge in [-0.05, 0) is 99.7 Å². The van der Waals surface area contributed by atoms with E-state index in [9.17, 15) is 9.59 Å². The van der Waals surface area contributed by atoms with Gasteiger partial charge in [0.2, 0.25) is 0 Å². The maximum atomic E-state index is 12.5. The molecule has 6 aliphatic rings. The summed E-state index contributed by atoms with van der Waals surface area (Å²) in [7, 11) is 4.94. The van der Waals surface area contributed by atoms with Crippen LogP contribution in [0.3, 0.4) is 0 Å². The molecule has 8 heteroatoms. The molecule has 0 N–H and O–H groups in total. The van der Waals surface area contributed by atoms with Crippen LogP contribution in [0.5, 0.6) is 0 Å². The van der Waals surface area contributed by atoms with Gasteiger partial charge in [0.25, 0.3) is 0 Å². The number of ether oxygens (including phenoxy) is 2. The number of carbonyl (C=O) groups is 2. The van der Waals surface area contributed by atoms with Crippen molar-refractivity contribution in [1.29, 1.82) is 0 Å². The van der Waals surface area contributed by atoms with Crippen molar-refractivity contribution in [2.24, 2.45) is 34.5 Å². The summed E-state index contributed by atoms with van der Waals surface area (Å²) in [5.41, 5.74) is 0.377. The van der Waals surface area contributed by atoms with E-state index in [-0.39, 0.29) is 63.5 Å². The minimum absolute atomic E-state index is 0. The number of carbonyl (C=O) groups excluding carboxylic acids is 2. The van der Waals surface area contributed by atoms with E-state index < -0.39 is 0 Å². The summed E-state index contributed by atoms with van der Waals surface area (Å²) in [5.74, 6) is 2.52. The molecule has 248 valence electrons. The minimum atomic E-state index is -0.0998. The fourth-order valence-corrected chi connectivity index (χ4v) is 12.3. The fourth-order valence-electron chi connectivity index (χ4n) is 12.3. The molecule has 10 atom stereocenters. The lowest BCUT2D eigenvalue weighted by atomic mass is 9.44. The van der Waals surface area contributed by atoms with E-state index in [1.165, 1.54) is 103 Å². The van der Waals surface area contributed by atoms with Crippen LogP contribution in [-0.4, -0.2) is 85.5 Å². The molecule has 43 heavy (non-hydrogen) atoms. The van der Waals surface area contributed by atoms with E-state index in [1.54, 1.807) is 13.8 Å². The highest BCUT2D eigenvalue weighted by Gasteiger charge is 2.68. The van der Waals surface area contributed by atoms with E-state index in [1.807, 2.05) is 0 Å². The van der Waals surface area contributed by atoms with Gasteiger partial charge in [0.1, 0.15) is 12.1 Å². The topological polar surface area (TPSA) is 52.6 Å². The lowest BCUT2D eigenvalue weighted by Gasteiger charge is -2.63. The number of likely N-dealkylation sites (tertiary alicyclic amines) is 2. The third-order valence-electron chi connectivity index (χ3n) is 14.5. The smallest absolute Gasteiger partial charge is 0.303 e. The molecule has 2 saturated heterocycles. The average molecular weight is 733 g/mol. The van der Waals surface area contributed by atoms with E-state index in [0.29, 0.717) is 35.3 Å². The van der Waals surface area contributed by atoms with Gasteiger partial charge >= 0.3 is 11.9 Å². The quantitative estimate of drug-likeness (QED) is 0.305. The van der Waals surface area contributed by atoms with Crippen molar-refractivity contribution in [2.75, 3.05) is 40.3 Å². The van der Waals surface area contributed by atoms with E-state index in [2.05, 4.69) is 27.9 Å². The first-order chi connectivity index (χ1) is 19.4. The van der Waals surface area contributed by atoms with Gasteiger partial charge in [-0.25, -0.2) is 0 Å². The van der Waals surface area contributed by atoms with Crippen LogP contribution in [0.4, 0.5) is 0 Å². The number of piperidine rings is 2. The zero-order valence-electron chi connectivity index (χ0n) is 27.9. The average Bonchev–Trinajstić information content (AvgIpc) is 3.21. The molecule has 2 unspecified atom stereocenters. The predicted molar refractivity (Wildman–Crippen MR) is 161 cm³/mol. The lowest BCUT2D eigenvalue weighted by molar-refractivity contribution is -0.943. The first kappa shape index (κ1) is 35.7. The molecule has 4 saturated carbocycles. The lowest BCUT2D eigenvalue weighted by Crippen LogP contribution is -3.00. The molecule has 0 aromatic carbocycles. The van der Waals surface area contributed by atoms with E-state index in [4.69, 9.17) is 9.47 Å². The van der Waals surface area contributed by atoms with Crippen LogP contribution in [0.2, 0.25) is 0 Å². The Morgan fingerprint density at radius 1 is 0.674 bits per heavy atom. The second kappa shape index (κ2) is 13.1. The molecule has 0 aromatic rings. The van der Waals surface area contributed by atoms with Crippen molar-refractivity contribution < 1.29 is 62.0 Å². The van der Waals surface area contributed by atoms with Gasteiger partial charge in [0, 0.05) is 32.1 Å². The molecule has 6 nitrogen and oxygen atoms in total. The summed E-state index contributed by atoms with van der Waals surface area (Å²) < 4.78 is 14.7. The van der Waals surface area contributed by atoms with Gasteiger partial charge in [-0.15, -0.1) is 0 Å². The van der Waals surface area contributed by atoms with Crippen LogP contribution in [0.15, 0.2) is 0 Å². The first-order valence-corrected chi connectivity index (χ1v) is 17.4. The second-order valence-corrected chi connectivity index (χ2v) is 16.7. The molecule has 6 rings (SSSR count). The van der Waals surface area contributed by atoms with Crippen LogP contribution in [0.25, 0.3) is 0 Å². The maximum Gasteiger partial charge on any atom is 0.303 e. The van der Waals surface area contributed by atoms with Crippen LogP contribution in [-0.2, 0) is 19.1 Å². The van der Waals surface area contributed by atoms with Crippen LogP contribution < -0.4 is 34.0 Å². The molecule has 6 fully saturated rings. The summed E-state index contributed by atoms with van der Waals surface area (Å²) in [6.45, 7) is 13.3. The van der Waals surface area contributed by atoms with Gasteiger partial charge in [-0.1, -0.05) is 13.8 Å². The van der Waals surface area contributed by atoms with Gasteiger partial charge in [0.05, 0.1) is 40.3 Å². The molecule has 0 bridgehead atoms. The highest BCUT2D eigenvalue weighted by molar-refractivity contribution is 5.66. The van der Waals surface area contributed by atoms with Crippen LogP contribution >= 0.6 is 0 Å². The Hall–Kier alpha value is -0.180. The third-order valence-corrected chi connectivity index (χ3v) is 14.5. The van der Waals surface area contributed by atoms with E-state index >= 15 is 0 Å². The van der Waals surface area contributed by atoms with Crippen LogP contribution in [0.1, 0.15) is 111 Å². The number of halogens is 2. The maximum absolute atomic E-state index is 12.5. The first-order valence-electron chi connectivity index (χ1n) is 17.4. The van der Waals surface area contributed by atoms with Gasteiger partial charge in [-0.2, -0.15) is 0 Å². The van der Waals surface area contributed by atoms with Crippen molar-refractivity contribution in [2.45, 2.75) is 135 Å². The Kier molecular flexibility index (Phi) is 10.9. The number of esters is 2. The Morgan fingerprint density at radius 3 is 1.79 bits per heavy atom. The molecule has 2 aliphatic heterocycles. The molecular formula is C35H60Br2N2O4. The molecule has 4 aliphatic carbocycles. The third kappa shape index (κ3) is 6.15. The largest absolute Gasteiger partial charge is 1.00 e. The monoisotopic (exact) mass is 730 g/mol. The number of nitrogens with zero attached hydrogens (tertiary/aromatic N) is 2. The number of fused-ring (bicyclic) bond motifs is 5. The summed E-state index contributed by atoms with van der Waals surface area (Å²) in [4.78, 5) is 24.8. The fraction of sp³-hybridized carbons (Fsp3) is 0.943. The Morgan fingerprint density at radius 2 is 1.23 bits per heavy atom. The highest BCUT2D eigenvalue weighted by Crippen LogP contribution is 2.68. The second-order valence-electron chi connectivity index (χ2n) is 16.7. The highest BCUT2D eigenvalue weighted by atomic mass is 79.9. The number of quaternary nitrogens is 2. The molecule has 0 radical (unpaired) electrons. The van der Waals surface area contributed by atoms with Crippen molar-refractivity contribution in [3.8, 4) is 0 Å². The zero-order chi connectivity index (χ0) is 29.2. The number of hydrogen-bond acceptors (Lipinski definition) is 4. The van der Waals surface area contributed by atoms with Crippen LogP contribution in [0, 0.1) is 34.5 Å². The Bertz CT molecular complexity index is 1010. The number of hydrogen-bond donors (Lipinski definition) is 0. The minimum Gasteiger partial charge on any atom is -1.00 e. The molecular weight excluding hydrogens is 672 g/mol. The SMILES string of the molecule is CC(=O)O[C@H]1C[C@@H]2CCC3C(CC[C@@]4(C)[C@H]3C[C@H]([N+]3(C)CCCCC3)[C@@H]4OC(C)=O)[C@@]2(C)C[C@@H]1[N+]1(C)CCCCC1.[Br-].[Br-]. The normalized spacial score (nSPS) is 44.7. The van der Waals surface area contributed by atoms with Gasteiger partial charge < -0.3 is 52.4 Å². The predicted octanol–water partition coefficient (Wildman–Crippen LogP) is 0.119. The summed E-state index contributed by atoms with van der Waals surface area (Å²) in [6, 6.07) is 0.846. The van der Waals surface area contributed by atoms with Crippen molar-refractivity contribution in [1.82, 2.24) is 0 Å². The summed E-state index contributed by atoms with van der Waals surface area (Å²) >= 11 is 0. The van der Waals surface area contributed by atoms with Crippen molar-refractivity contribution in [3.05, 3.63) is 0 Å². The molecule has 0 aromatic heterocycles. The molecule has 2 heterocycles. The van der Waals surface area contributed by atoms with Crippen molar-refractivity contribution in [3.63, 3.8) is 0 Å². The number of rotatable bonds is 4. The standard InChI is InChI=1S/C35H60N2O4.2BrH/c1-24(38)40-32-21-26-13-14-27-28(35(26,4)23-31(32)37(6)19-11-8-12-20-37)15-16-34(3)29(27)22-30(33(34)41-25(2)39)36(5)17-9-7-10-18-36;;/h26-33H,7-23H2,1-6H3;2*1H/q+2;;/p-2/t26-,27?,28?,29-,30-,31-,32-,33-,34-,35-;;/m0../s1. The summed E-state index contributed by atoms with van der Waals surface area (Å²) in [5, 5.41) is 0. The zero-order valence-corrected chi connectivity index (χ0v) is 31.1. The number of likely N-dealkylation sites (N-methyl/N-ethyl adjacent to an activating group) is 2. The Balaban J connectivity index is 0.00000212. The van der Waals surface area contributed by atoms with E-state index in [0.717, 1.165) is 21.3 Å². The van der Waals surface area contributed by atoms with Gasteiger partial charge in [0.15, 0.2) is 12.2 Å².